The number of aryl methyl sites for hydroxylation is 1. The van der Waals surface area contributed by atoms with E-state index < -0.39 is 0 Å². The molecule has 146 valence electrons. The summed E-state index contributed by atoms with van der Waals surface area (Å²) in [6, 6.07) is 14.6. The molecule has 5 heteroatoms. The van der Waals surface area contributed by atoms with E-state index in [4.69, 9.17) is 4.74 Å². The molecule has 4 nitrogen and oxygen atoms in total. The van der Waals surface area contributed by atoms with Crippen LogP contribution in [0.4, 0.5) is 0 Å². The lowest BCUT2D eigenvalue weighted by Crippen LogP contribution is -2.33. The minimum atomic E-state index is 0.142. The molecule has 0 radical (unpaired) electrons. The van der Waals surface area contributed by atoms with Gasteiger partial charge in [0, 0.05) is 28.9 Å². The predicted molar refractivity (Wildman–Crippen MR) is 113 cm³/mol. The van der Waals surface area contributed by atoms with Crippen LogP contribution in [-0.4, -0.2) is 28.5 Å². The number of carbonyl (C=O) groups is 1. The molecule has 1 saturated carbocycles. The second-order valence-corrected chi connectivity index (χ2v) is 8.49. The van der Waals surface area contributed by atoms with Crippen molar-refractivity contribution in [3.63, 3.8) is 0 Å². The Hall–Kier alpha value is -2.53. The fraction of sp³-hybridized carbons (Fsp3) is 0.348. The van der Waals surface area contributed by atoms with Gasteiger partial charge in [-0.25, -0.2) is 0 Å². The first-order chi connectivity index (χ1) is 13.6. The van der Waals surface area contributed by atoms with Gasteiger partial charge in [-0.3, -0.25) is 4.79 Å². The van der Waals surface area contributed by atoms with E-state index in [1.165, 1.54) is 4.88 Å². The van der Waals surface area contributed by atoms with Crippen molar-refractivity contribution in [2.75, 3.05) is 7.11 Å². The summed E-state index contributed by atoms with van der Waals surface area (Å²) in [6.07, 6.45) is 2.19. The summed E-state index contributed by atoms with van der Waals surface area (Å²) in [5.74, 6) is 0.981. The maximum atomic E-state index is 13.4. The van der Waals surface area contributed by atoms with E-state index in [0.717, 1.165) is 47.7 Å². The number of ether oxygens (including phenoxy) is 1. The van der Waals surface area contributed by atoms with Gasteiger partial charge in [-0.2, -0.15) is 0 Å². The molecular weight excluding hydrogens is 368 g/mol. The average molecular weight is 395 g/mol. The standard InChI is InChI=1S/C23H26N2O2S/c1-16-13-22(17(2)24(16)15-21-5-4-12-28-21)23(26)25(19-8-9-19)14-18-6-10-20(27-3)11-7-18/h4-7,10-13,19H,8-9,14-15H2,1-3H3. The topological polar surface area (TPSA) is 34.5 Å². The summed E-state index contributed by atoms with van der Waals surface area (Å²) >= 11 is 1.75. The number of methoxy groups -OCH3 is 1. The molecule has 0 N–H and O–H groups in total. The van der Waals surface area contributed by atoms with Crippen LogP contribution in [0.1, 0.15) is 45.0 Å². The first kappa shape index (κ1) is 18.8. The molecule has 1 fully saturated rings. The molecule has 1 aliphatic rings. The van der Waals surface area contributed by atoms with Gasteiger partial charge in [0.15, 0.2) is 0 Å². The molecule has 2 heterocycles. The highest BCUT2D eigenvalue weighted by Gasteiger charge is 2.34. The van der Waals surface area contributed by atoms with E-state index in [-0.39, 0.29) is 5.91 Å². The van der Waals surface area contributed by atoms with Crippen molar-refractivity contribution in [3.8, 4) is 5.75 Å². The van der Waals surface area contributed by atoms with Crippen LogP contribution in [0.2, 0.25) is 0 Å². The second kappa shape index (κ2) is 7.84. The molecule has 0 saturated heterocycles. The lowest BCUT2D eigenvalue weighted by Gasteiger charge is -2.23. The largest absolute Gasteiger partial charge is 0.497 e. The van der Waals surface area contributed by atoms with Crippen molar-refractivity contribution in [2.45, 2.75) is 45.8 Å². The maximum Gasteiger partial charge on any atom is 0.256 e. The lowest BCUT2D eigenvalue weighted by molar-refractivity contribution is 0.0729. The number of hydrogen-bond donors (Lipinski definition) is 0. The highest BCUT2D eigenvalue weighted by Crippen LogP contribution is 2.31. The summed E-state index contributed by atoms with van der Waals surface area (Å²) in [4.78, 5) is 16.8. The van der Waals surface area contributed by atoms with Gasteiger partial charge in [-0.1, -0.05) is 18.2 Å². The van der Waals surface area contributed by atoms with Crippen LogP contribution in [0.5, 0.6) is 5.75 Å². The van der Waals surface area contributed by atoms with Crippen molar-refractivity contribution < 1.29 is 9.53 Å². The number of benzene rings is 1. The minimum Gasteiger partial charge on any atom is -0.497 e. The Morgan fingerprint density at radius 2 is 1.96 bits per heavy atom. The number of thiophene rings is 1. The monoisotopic (exact) mass is 394 g/mol. The molecule has 4 rings (SSSR count). The van der Waals surface area contributed by atoms with E-state index >= 15 is 0 Å². The van der Waals surface area contributed by atoms with Gasteiger partial charge in [0.25, 0.3) is 5.91 Å². The van der Waals surface area contributed by atoms with Crippen LogP contribution in [0, 0.1) is 13.8 Å². The van der Waals surface area contributed by atoms with Crippen molar-refractivity contribution in [3.05, 3.63) is 75.2 Å². The van der Waals surface area contributed by atoms with Crippen LogP contribution >= 0.6 is 11.3 Å². The number of carbonyl (C=O) groups excluding carboxylic acids is 1. The highest BCUT2D eigenvalue weighted by molar-refractivity contribution is 7.09. The van der Waals surface area contributed by atoms with E-state index in [2.05, 4.69) is 42.0 Å². The zero-order chi connectivity index (χ0) is 19.7. The summed E-state index contributed by atoms with van der Waals surface area (Å²) in [7, 11) is 1.67. The van der Waals surface area contributed by atoms with E-state index in [1.807, 2.05) is 29.2 Å². The van der Waals surface area contributed by atoms with Crippen molar-refractivity contribution in [1.29, 1.82) is 0 Å². The third-order valence-electron chi connectivity index (χ3n) is 5.46. The fourth-order valence-corrected chi connectivity index (χ4v) is 4.35. The van der Waals surface area contributed by atoms with Crippen molar-refractivity contribution >= 4 is 17.2 Å². The number of nitrogens with zero attached hydrogens (tertiary/aromatic N) is 2. The van der Waals surface area contributed by atoms with Crippen molar-refractivity contribution in [2.24, 2.45) is 0 Å². The van der Waals surface area contributed by atoms with Gasteiger partial charge in [0.05, 0.1) is 19.2 Å². The summed E-state index contributed by atoms with van der Waals surface area (Å²) < 4.78 is 7.49. The van der Waals surface area contributed by atoms with Gasteiger partial charge in [0.1, 0.15) is 5.75 Å². The second-order valence-electron chi connectivity index (χ2n) is 7.46. The van der Waals surface area contributed by atoms with Crippen LogP contribution in [0.25, 0.3) is 0 Å². The van der Waals surface area contributed by atoms with Gasteiger partial charge >= 0.3 is 0 Å². The first-order valence-corrected chi connectivity index (χ1v) is 10.6. The van der Waals surface area contributed by atoms with Gasteiger partial charge in [-0.15, -0.1) is 11.3 Å². The molecular formula is C23H26N2O2S. The van der Waals surface area contributed by atoms with Crippen LogP contribution in [-0.2, 0) is 13.1 Å². The molecule has 0 atom stereocenters. The summed E-state index contributed by atoms with van der Waals surface area (Å²) in [6.45, 7) is 5.61. The molecule has 2 aromatic heterocycles. The Morgan fingerprint density at radius 3 is 2.57 bits per heavy atom. The Kier molecular flexibility index (Phi) is 5.27. The van der Waals surface area contributed by atoms with E-state index in [1.54, 1.807) is 18.4 Å². The van der Waals surface area contributed by atoms with Crippen LogP contribution in [0.3, 0.4) is 0 Å². The normalized spacial score (nSPS) is 13.5. The first-order valence-electron chi connectivity index (χ1n) is 9.70. The molecule has 0 spiro atoms. The third-order valence-corrected chi connectivity index (χ3v) is 6.32. The molecule has 1 aliphatic carbocycles. The van der Waals surface area contributed by atoms with Crippen LogP contribution in [0.15, 0.2) is 47.8 Å². The lowest BCUT2D eigenvalue weighted by atomic mass is 10.1. The molecule has 0 aliphatic heterocycles. The molecule has 0 bridgehead atoms. The van der Waals surface area contributed by atoms with Crippen molar-refractivity contribution in [1.82, 2.24) is 9.47 Å². The average Bonchev–Trinajstić information content (AvgIpc) is 3.35. The Labute approximate surface area is 170 Å². The Balaban J connectivity index is 1.57. The van der Waals surface area contributed by atoms with Gasteiger partial charge in [-0.05, 0) is 61.9 Å². The Bertz CT molecular complexity index is 953. The van der Waals surface area contributed by atoms with Gasteiger partial charge < -0.3 is 14.2 Å². The van der Waals surface area contributed by atoms with Gasteiger partial charge in [0.2, 0.25) is 0 Å². The number of amides is 1. The summed E-state index contributed by atoms with van der Waals surface area (Å²) in [5, 5.41) is 2.10. The van der Waals surface area contributed by atoms with E-state index in [9.17, 15) is 4.79 Å². The van der Waals surface area contributed by atoms with E-state index in [0.29, 0.717) is 12.6 Å². The predicted octanol–water partition coefficient (Wildman–Crippen LogP) is 5.03. The Morgan fingerprint density at radius 1 is 1.21 bits per heavy atom. The molecule has 1 aromatic carbocycles. The summed E-state index contributed by atoms with van der Waals surface area (Å²) in [5.41, 5.74) is 4.15. The van der Waals surface area contributed by atoms with Crippen LogP contribution < -0.4 is 4.74 Å². The molecule has 28 heavy (non-hydrogen) atoms. The molecule has 0 unspecified atom stereocenters. The smallest absolute Gasteiger partial charge is 0.256 e. The molecule has 3 aromatic rings. The zero-order valence-corrected chi connectivity index (χ0v) is 17.5. The third kappa shape index (κ3) is 3.85. The number of rotatable bonds is 7. The number of aromatic nitrogens is 1. The zero-order valence-electron chi connectivity index (χ0n) is 16.6. The highest BCUT2D eigenvalue weighted by atomic mass is 32.1. The fourth-order valence-electron chi connectivity index (χ4n) is 3.65. The number of hydrogen-bond acceptors (Lipinski definition) is 3. The minimum absolute atomic E-state index is 0.142. The molecule has 1 amide bonds. The SMILES string of the molecule is COc1ccc(CN(C(=O)c2cc(C)n(Cc3cccs3)c2C)C2CC2)cc1. The quantitative estimate of drug-likeness (QED) is 0.563. The maximum absolute atomic E-state index is 13.4.